The lowest BCUT2D eigenvalue weighted by Crippen LogP contribution is -2.40. The molecule has 0 radical (unpaired) electrons. The van der Waals surface area contributed by atoms with Gasteiger partial charge in [0, 0.05) is 55.9 Å². The molecule has 154 valence electrons. The van der Waals surface area contributed by atoms with Crippen molar-refractivity contribution >= 4 is 27.1 Å². The van der Waals surface area contributed by atoms with Gasteiger partial charge in [0.2, 0.25) is 0 Å². The molecule has 0 spiro atoms. The summed E-state index contributed by atoms with van der Waals surface area (Å²) in [7, 11) is -1.92. The number of nitrogens with one attached hydrogen (secondary N) is 1. The first kappa shape index (κ1) is 20.0. The van der Waals surface area contributed by atoms with Crippen LogP contribution >= 0.6 is 0 Å². The topological polar surface area (TPSA) is 101 Å². The Balaban J connectivity index is 1.33. The fraction of sp³-hybridized carbons (Fsp3) is 0.238. The lowest BCUT2D eigenvalue weighted by atomic mass is 10.2. The van der Waals surface area contributed by atoms with Crippen LogP contribution in [0.1, 0.15) is 15.9 Å². The van der Waals surface area contributed by atoms with E-state index < -0.39 is 9.52 Å². The van der Waals surface area contributed by atoms with Crippen LogP contribution < -0.4 is 10.2 Å². The third-order valence-corrected chi connectivity index (χ3v) is 6.76. The molecule has 0 bridgehead atoms. The summed E-state index contributed by atoms with van der Waals surface area (Å²) in [4.78, 5) is 31.5. The van der Waals surface area contributed by atoms with Gasteiger partial charge in [-0.15, -0.1) is 0 Å². The normalized spacial score (nSPS) is 15.5. The van der Waals surface area contributed by atoms with Crippen LogP contribution in [-0.2, 0) is 16.1 Å². The SMILES string of the molecule is C=S1(=O)CCN(c2ccc(CNC(=O)c3ccc(-c4cnccn4)nc3)cn2)CC1. The van der Waals surface area contributed by atoms with Gasteiger partial charge in [-0.1, -0.05) is 6.07 Å². The van der Waals surface area contributed by atoms with Gasteiger partial charge in [-0.25, -0.2) is 4.98 Å². The second kappa shape index (κ2) is 8.58. The molecule has 1 aliphatic rings. The van der Waals surface area contributed by atoms with Crippen LogP contribution in [0.2, 0.25) is 0 Å². The average molecular weight is 423 g/mol. The third-order valence-electron chi connectivity index (χ3n) is 4.90. The Labute approximate surface area is 175 Å². The molecule has 0 aliphatic carbocycles. The standard InChI is InChI=1S/C21H22N6O2S/c1-30(29)10-8-27(9-11-30)20-5-2-16(12-25-20)13-26-21(28)17-3-4-18(24-14-17)19-15-22-6-7-23-19/h2-7,12,14-15H,1,8-11,13H2,(H,26,28). The molecule has 0 aromatic carbocycles. The Morgan fingerprint density at radius 2 is 1.83 bits per heavy atom. The minimum absolute atomic E-state index is 0.210. The van der Waals surface area contributed by atoms with Crippen molar-refractivity contribution < 1.29 is 9.00 Å². The van der Waals surface area contributed by atoms with Crippen LogP contribution in [-0.4, -0.2) is 60.5 Å². The Kier molecular flexibility index (Phi) is 5.71. The number of rotatable bonds is 5. The summed E-state index contributed by atoms with van der Waals surface area (Å²) in [6.07, 6.45) is 8.10. The first-order valence-electron chi connectivity index (χ1n) is 9.53. The fourth-order valence-corrected chi connectivity index (χ4v) is 4.41. The first-order chi connectivity index (χ1) is 14.5. The molecule has 3 aromatic heterocycles. The second-order valence-electron chi connectivity index (χ2n) is 7.09. The summed E-state index contributed by atoms with van der Waals surface area (Å²) < 4.78 is 12.0. The van der Waals surface area contributed by atoms with Crippen LogP contribution in [0.4, 0.5) is 5.82 Å². The third kappa shape index (κ3) is 4.80. The number of amides is 1. The zero-order chi connectivity index (χ0) is 21.0. The van der Waals surface area contributed by atoms with Gasteiger partial charge in [0.15, 0.2) is 0 Å². The minimum Gasteiger partial charge on any atom is -0.355 e. The van der Waals surface area contributed by atoms with Gasteiger partial charge >= 0.3 is 0 Å². The predicted molar refractivity (Wildman–Crippen MR) is 118 cm³/mol. The number of pyridine rings is 2. The Hall–Kier alpha value is -3.33. The van der Waals surface area contributed by atoms with E-state index in [-0.39, 0.29) is 5.91 Å². The number of nitrogens with zero attached hydrogens (tertiary/aromatic N) is 5. The van der Waals surface area contributed by atoms with E-state index in [1.165, 1.54) is 6.20 Å². The van der Waals surface area contributed by atoms with Gasteiger partial charge < -0.3 is 10.2 Å². The molecule has 3 aromatic rings. The molecule has 4 heterocycles. The van der Waals surface area contributed by atoms with Crippen molar-refractivity contribution in [2.45, 2.75) is 6.54 Å². The van der Waals surface area contributed by atoms with Crippen LogP contribution in [0.5, 0.6) is 0 Å². The summed E-state index contributed by atoms with van der Waals surface area (Å²) in [5.74, 6) is 5.62. The number of carbonyl (C=O) groups excluding carboxylic acids is 1. The average Bonchev–Trinajstić information content (AvgIpc) is 2.79. The van der Waals surface area contributed by atoms with Gasteiger partial charge in [-0.2, -0.15) is 0 Å². The predicted octanol–water partition coefficient (Wildman–Crippen LogP) is 1.40. The van der Waals surface area contributed by atoms with Gasteiger partial charge in [0.05, 0.1) is 17.5 Å². The van der Waals surface area contributed by atoms with E-state index in [0.717, 1.165) is 11.4 Å². The highest BCUT2D eigenvalue weighted by atomic mass is 32.2. The van der Waals surface area contributed by atoms with Crippen molar-refractivity contribution in [3.8, 4) is 11.4 Å². The van der Waals surface area contributed by atoms with Crippen molar-refractivity contribution in [3.05, 3.63) is 66.4 Å². The molecule has 30 heavy (non-hydrogen) atoms. The van der Waals surface area contributed by atoms with Crippen LogP contribution in [0.15, 0.2) is 55.2 Å². The maximum atomic E-state index is 12.4. The van der Waals surface area contributed by atoms with E-state index >= 15 is 0 Å². The molecule has 1 saturated heterocycles. The molecule has 4 rings (SSSR count). The van der Waals surface area contributed by atoms with Crippen molar-refractivity contribution in [2.24, 2.45) is 0 Å². The van der Waals surface area contributed by atoms with E-state index in [1.807, 2.05) is 12.1 Å². The first-order valence-corrected chi connectivity index (χ1v) is 11.6. The van der Waals surface area contributed by atoms with Crippen molar-refractivity contribution in [2.75, 3.05) is 29.5 Å². The van der Waals surface area contributed by atoms with E-state index in [1.54, 1.807) is 36.9 Å². The molecule has 9 heteroatoms. The lowest BCUT2D eigenvalue weighted by Gasteiger charge is -2.29. The van der Waals surface area contributed by atoms with Gasteiger partial charge in [0.25, 0.3) is 5.91 Å². The summed E-state index contributed by atoms with van der Waals surface area (Å²) in [6.45, 7) is 1.76. The molecule has 0 atom stereocenters. The van der Waals surface area contributed by atoms with Crippen LogP contribution in [0, 0.1) is 0 Å². The molecular weight excluding hydrogens is 400 g/mol. The number of anilines is 1. The maximum Gasteiger partial charge on any atom is 0.253 e. The number of hydrogen-bond acceptors (Lipinski definition) is 7. The Morgan fingerprint density at radius 1 is 1.00 bits per heavy atom. The molecule has 1 fully saturated rings. The molecule has 8 nitrogen and oxygen atoms in total. The zero-order valence-corrected chi connectivity index (χ0v) is 17.2. The largest absolute Gasteiger partial charge is 0.355 e. The van der Waals surface area contributed by atoms with E-state index in [9.17, 15) is 9.00 Å². The van der Waals surface area contributed by atoms with Crippen LogP contribution in [0.25, 0.3) is 11.4 Å². The van der Waals surface area contributed by atoms with E-state index in [4.69, 9.17) is 0 Å². The summed E-state index contributed by atoms with van der Waals surface area (Å²) in [5, 5.41) is 2.88. The van der Waals surface area contributed by atoms with E-state index in [0.29, 0.717) is 48.1 Å². The molecule has 1 aliphatic heterocycles. The Morgan fingerprint density at radius 3 is 2.47 bits per heavy atom. The smallest absolute Gasteiger partial charge is 0.253 e. The van der Waals surface area contributed by atoms with Gasteiger partial charge in [-0.05, 0) is 39.2 Å². The molecule has 0 unspecified atom stereocenters. The lowest BCUT2D eigenvalue weighted by molar-refractivity contribution is 0.0950. The van der Waals surface area contributed by atoms with E-state index in [2.05, 4.69) is 36.0 Å². The number of aromatic nitrogens is 4. The number of hydrogen-bond donors (Lipinski definition) is 1. The summed E-state index contributed by atoms with van der Waals surface area (Å²) >= 11 is 0. The second-order valence-corrected chi connectivity index (χ2v) is 9.84. The highest BCUT2D eigenvalue weighted by Gasteiger charge is 2.18. The number of carbonyl (C=O) groups is 1. The van der Waals surface area contributed by atoms with Gasteiger partial charge in [-0.3, -0.25) is 24.0 Å². The highest BCUT2D eigenvalue weighted by Crippen LogP contribution is 2.15. The van der Waals surface area contributed by atoms with Gasteiger partial charge in [0.1, 0.15) is 11.5 Å². The molecule has 0 saturated carbocycles. The quantitative estimate of drug-likeness (QED) is 0.620. The summed E-state index contributed by atoms with van der Waals surface area (Å²) in [6, 6.07) is 7.33. The fourth-order valence-electron chi connectivity index (χ4n) is 3.10. The van der Waals surface area contributed by atoms with Crippen molar-refractivity contribution in [1.29, 1.82) is 0 Å². The molecule has 1 N–H and O–H groups in total. The molecular formula is C21H22N6O2S. The summed E-state index contributed by atoms with van der Waals surface area (Å²) in [5.41, 5.74) is 2.68. The van der Waals surface area contributed by atoms with Crippen LogP contribution in [0.3, 0.4) is 0 Å². The maximum absolute atomic E-state index is 12.4. The highest BCUT2D eigenvalue weighted by molar-refractivity contribution is 8.00. The monoisotopic (exact) mass is 422 g/mol. The zero-order valence-electron chi connectivity index (χ0n) is 16.4. The molecule has 1 amide bonds. The van der Waals surface area contributed by atoms with Crippen molar-refractivity contribution in [3.63, 3.8) is 0 Å². The minimum atomic E-state index is -1.92. The van der Waals surface area contributed by atoms with Crippen molar-refractivity contribution in [1.82, 2.24) is 25.3 Å². The Bertz CT molecular complexity index is 1100.